The van der Waals surface area contributed by atoms with E-state index in [2.05, 4.69) is 0 Å². The fraction of sp³-hybridized carbons (Fsp3) is 0.125. The molecule has 5 nitrogen and oxygen atoms in total. The predicted molar refractivity (Wildman–Crippen MR) is 49.0 cm³/mol. The molecule has 0 aromatic heterocycles. The van der Waals surface area contributed by atoms with Gasteiger partial charge in [0.25, 0.3) is 0 Å². The van der Waals surface area contributed by atoms with E-state index in [1.54, 1.807) is 24.3 Å². The van der Waals surface area contributed by atoms with Crippen molar-refractivity contribution in [2.24, 2.45) is 17.4 Å². The van der Waals surface area contributed by atoms with Crippen molar-refractivity contribution in [3.63, 3.8) is 0 Å². The summed E-state index contributed by atoms with van der Waals surface area (Å²) in [4.78, 5) is 11.5. The van der Waals surface area contributed by atoms with Crippen molar-refractivity contribution in [2.75, 3.05) is 0 Å². The molecule has 0 fully saturated rings. The molecule has 1 unspecified atom stereocenters. The van der Waals surface area contributed by atoms with Gasteiger partial charge in [0.05, 0.1) is 0 Å². The predicted octanol–water partition coefficient (Wildman–Crippen LogP) is -0.796. The molecular weight excluding hydrogens is 168 g/mol. The number of rotatable bonds is 3. The number of hydrogen-bond acceptors (Lipinski definition) is 5. The quantitative estimate of drug-likeness (QED) is 0.245. The van der Waals surface area contributed by atoms with Crippen LogP contribution in [0.25, 0.3) is 0 Å². The fourth-order valence-electron chi connectivity index (χ4n) is 0.909. The summed E-state index contributed by atoms with van der Waals surface area (Å²) in [5.41, 5.74) is 5.91. The van der Waals surface area contributed by atoms with Crippen molar-refractivity contribution in [3.05, 3.63) is 35.9 Å². The first-order chi connectivity index (χ1) is 6.13. The molecule has 13 heavy (non-hydrogen) atoms. The van der Waals surface area contributed by atoms with Gasteiger partial charge in [-0.2, -0.15) is 5.12 Å². The molecule has 1 rings (SSSR count). The molecule has 1 aromatic carbocycles. The van der Waals surface area contributed by atoms with Gasteiger partial charge in [-0.3, -0.25) is 16.5 Å². The zero-order chi connectivity index (χ0) is 9.84. The van der Waals surface area contributed by atoms with Gasteiger partial charge in [-0.15, -0.1) is 0 Å². The highest BCUT2D eigenvalue weighted by Crippen LogP contribution is 2.01. The first kappa shape index (κ1) is 9.82. The van der Waals surface area contributed by atoms with Crippen LogP contribution in [0.2, 0.25) is 0 Å². The first-order valence-electron chi connectivity index (χ1n) is 3.76. The molecule has 0 heterocycles. The van der Waals surface area contributed by atoms with E-state index < -0.39 is 6.17 Å². The van der Waals surface area contributed by atoms with Crippen LogP contribution in [-0.2, 0) is 0 Å². The van der Waals surface area contributed by atoms with Crippen LogP contribution in [0.3, 0.4) is 0 Å². The van der Waals surface area contributed by atoms with Crippen molar-refractivity contribution in [2.45, 2.75) is 6.17 Å². The largest absolute Gasteiger partial charge is 0.307 e. The lowest BCUT2D eigenvalue weighted by atomic mass is 10.1. The van der Waals surface area contributed by atoms with Gasteiger partial charge in [-0.1, -0.05) is 30.3 Å². The summed E-state index contributed by atoms with van der Waals surface area (Å²) in [5, 5.41) is 0.690. The van der Waals surface area contributed by atoms with E-state index in [9.17, 15) is 4.79 Å². The normalized spacial score (nSPS) is 12.9. The van der Waals surface area contributed by atoms with Gasteiger partial charge in [0.1, 0.15) is 0 Å². The number of ketones is 1. The number of hydrogen-bond donors (Lipinski definition) is 3. The van der Waals surface area contributed by atoms with Crippen LogP contribution in [0.1, 0.15) is 10.4 Å². The molecule has 0 bridgehead atoms. The summed E-state index contributed by atoms with van der Waals surface area (Å²) in [7, 11) is 0. The Morgan fingerprint density at radius 2 is 1.77 bits per heavy atom. The lowest BCUT2D eigenvalue weighted by molar-refractivity contribution is 0.0825. The van der Waals surface area contributed by atoms with Gasteiger partial charge in [0.15, 0.2) is 11.9 Å². The monoisotopic (exact) mass is 180 g/mol. The van der Waals surface area contributed by atoms with Crippen molar-refractivity contribution < 1.29 is 4.79 Å². The number of benzene rings is 1. The van der Waals surface area contributed by atoms with Crippen LogP contribution in [-0.4, -0.2) is 17.1 Å². The Kier molecular flexibility index (Phi) is 3.10. The second-order valence-corrected chi connectivity index (χ2v) is 2.62. The Morgan fingerprint density at radius 3 is 2.23 bits per heavy atom. The Morgan fingerprint density at radius 1 is 1.23 bits per heavy atom. The highest BCUT2D eigenvalue weighted by atomic mass is 16.1. The maximum atomic E-state index is 11.5. The van der Waals surface area contributed by atoms with E-state index in [-0.39, 0.29) is 5.78 Å². The molecule has 1 aromatic rings. The zero-order valence-corrected chi connectivity index (χ0v) is 7.05. The number of nitrogens with two attached hydrogens (primary N) is 3. The van der Waals surface area contributed by atoms with Crippen molar-refractivity contribution >= 4 is 5.78 Å². The van der Waals surface area contributed by atoms with E-state index in [0.717, 1.165) is 0 Å². The summed E-state index contributed by atoms with van der Waals surface area (Å²) < 4.78 is 0. The second kappa shape index (κ2) is 4.11. The van der Waals surface area contributed by atoms with E-state index >= 15 is 0 Å². The maximum absolute atomic E-state index is 11.5. The Labute approximate surface area is 76.0 Å². The molecule has 0 spiro atoms. The third-order valence-corrected chi connectivity index (χ3v) is 1.65. The molecule has 0 aliphatic heterocycles. The molecule has 5 heteroatoms. The van der Waals surface area contributed by atoms with Gasteiger partial charge in [-0.05, 0) is 0 Å². The van der Waals surface area contributed by atoms with Crippen molar-refractivity contribution in [1.29, 1.82) is 0 Å². The van der Waals surface area contributed by atoms with Crippen LogP contribution in [0, 0.1) is 0 Å². The van der Waals surface area contributed by atoms with Gasteiger partial charge >= 0.3 is 0 Å². The number of Topliss-reactive ketones (excluding diaryl/α,β-unsaturated/α-hetero) is 1. The average molecular weight is 180 g/mol. The summed E-state index contributed by atoms with van der Waals surface area (Å²) >= 11 is 0. The van der Waals surface area contributed by atoms with Gasteiger partial charge in [0, 0.05) is 5.56 Å². The van der Waals surface area contributed by atoms with E-state index in [4.69, 9.17) is 17.4 Å². The van der Waals surface area contributed by atoms with E-state index in [1.807, 2.05) is 6.07 Å². The van der Waals surface area contributed by atoms with Gasteiger partial charge < -0.3 is 5.73 Å². The zero-order valence-electron chi connectivity index (χ0n) is 7.05. The molecule has 0 saturated carbocycles. The third kappa shape index (κ3) is 2.33. The standard InChI is InChI=1S/C8H12N4O/c9-8(12(10)11)7(13)6-4-2-1-3-5-6/h1-5,8H,9-11H2. The smallest absolute Gasteiger partial charge is 0.197 e. The third-order valence-electron chi connectivity index (χ3n) is 1.65. The minimum Gasteiger partial charge on any atom is -0.307 e. The minimum absolute atomic E-state index is 0.300. The SMILES string of the molecule is NC(C(=O)c1ccccc1)N(N)N. The molecular formula is C8H12N4O. The molecule has 0 radical (unpaired) electrons. The molecule has 1 atom stereocenters. The molecule has 0 saturated heterocycles. The van der Waals surface area contributed by atoms with E-state index in [0.29, 0.717) is 10.7 Å². The molecule has 6 N–H and O–H groups in total. The van der Waals surface area contributed by atoms with Crippen LogP contribution in [0.5, 0.6) is 0 Å². The average Bonchev–Trinajstić information content (AvgIpc) is 2.17. The first-order valence-corrected chi connectivity index (χ1v) is 3.76. The summed E-state index contributed by atoms with van der Waals surface area (Å²) in [6.07, 6.45) is -0.998. The lowest BCUT2D eigenvalue weighted by Crippen LogP contribution is -2.55. The summed E-state index contributed by atoms with van der Waals surface area (Å²) in [6, 6.07) is 8.62. The van der Waals surface area contributed by atoms with E-state index in [1.165, 1.54) is 0 Å². The van der Waals surface area contributed by atoms with Gasteiger partial charge in [-0.25, -0.2) is 0 Å². The Bertz CT molecular complexity index is 285. The molecule has 0 amide bonds. The Balaban J connectivity index is 2.80. The second-order valence-electron chi connectivity index (χ2n) is 2.62. The number of nitrogens with zero attached hydrogens (tertiary/aromatic N) is 1. The van der Waals surface area contributed by atoms with Crippen molar-refractivity contribution in [1.82, 2.24) is 5.12 Å². The molecule has 0 aliphatic rings. The lowest BCUT2D eigenvalue weighted by Gasteiger charge is -2.16. The van der Waals surface area contributed by atoms with Gasteiger partial charge in [0.2, 0.25) is 0 Å². The fourth-order valence-corrected chi connectivity index (χ4v) is 0.909. The maximum Gasteiger partial charge on any atom is 0.197 e. The number of carbonyl (C=O) groups excluding carboxylic acids is 1. The van der Waals surface area contributed by atoms with Crippen molar-refractivity contribution in [3.8, 4) is 0 Å². The topological polar surface area (TPSA) is 98.4 Å². The molecule has 0 aliphatic carbocycles. The van der Waals surface area contributed by atoms with Crippen LogP contribution >= 0.6 is 0 Å². The highest BCUT2D eigenvalue weighted by molar-refractivity contribution is 5.99. The van der Waals surface area contributed by atoms with Crippen LogP contribution in [0.4, 0.5) is 0 Å². The minimum atomic E-state index is -0.998. The number of hydrazine groups is 2. The summed E-state index contributed by atoms with van der Waals surface area (Å²) in [6.45, 7) is 0. The van der Waals surface area contributed by atoms with Crippen LogP contribution in [0.15, 0.2) is 30.3 Å². The van der Waals surface area contributed by atoms with Crippen LogP contribution < -0.4 is 17.4 Å². The number of carbonyl (C=O) groups is 1. The Hall–Kier alpha value is -1.27. The highest BCUT2D eigenvalue weighted by Gasteiger charge is 2.17. The molecule has 70 valence electrons. The summed E-state index contributed by atoms with van der Waals surface area (Å²) in [5.74, 6) is 9.98.